The van der Waals surface area contributed by atoms with E-state index in [-0.39, 0.29) is 22.0 Å². The van der Waals surface area contributed by atoms with Crippen molar-refractivity contribution >= 4 is 45.6 Å². The van der Waals surface area contributed by atoms with E-state index in [1.807, 2.05) is 0 Å². The van der Waals surface area contributed by atoms with E-state index < -0.39 is 17.8 Å². The molecule has 0 fully saturated rings. The van der Waals surface area contributed by atoms with Crippen molar-refractivity contribution in [2.24, 2.45) is 11.3 Å². The number of thioether (sulfide) groups is 1. The predicted octanol–water partition coefficient (Wildman–Crippen LogP) is 7.63. The molecule has 11 heteroatoms. The fraction of sp³-hybridized carbons (Fsp3) is 0.385. The summed E-state index contributed by atoms with van der Waals surface area (Å²) < 4.78 is 40.4. The van der Waals surface area contributed by atoms with E-state index in [9.17, 15) is 23.2 Å². The van der Waals surface area contributed by atoms with Gasteiger partial charge in [-0.25, -0.2) is 9.97 Å². The average molecular weight is 565 g/mol. The minimum Gasteiger partial charge on any atom is -0.316 e. The molecule has 0 bridgehead atoms. The van der Waals surface area contributed by atoms with Gasteiger partial charge in [0.2, 0.25) is 5.91 Å². The molecule has 4 rings (SSSR count). The minimum absolute atomic E-state index is 0.0769. The molecule has 1 aliphatic rings. The maximum absolute atomic E-state index is 13.5. The second-order valence-electron chi connectivity index (χ2n) is 9.89. The van der Waals surface area contributed by atoms with Crippen LogP contribution in [0.15, 0.2) is 35.5 Å². The Labute approximate surface area is 226 Å². The van der Waals surface area contributed by atoms with Gasteiger partial charge in [-0.15, -0.1) is 11.3 Å². The Morgan fingerprint density at radius 3 is 2.57 bits per heavy atom. The fourth-order valence-corrected chi connectivity index (χ4v) is 6.31. The van der Waals surface area contributed by atoms with Crippen molar-refractivity contribution in [3.63, 3.8) is 0 Å². The highest BCUT2D eigenvalue weighted by atomic mass is 35.5. The summed E-state index contributed by atoms with van der Waals surface area (Å²) in [4.78, 5) is 21.7. The number of thiophene rings is 1. The molecule has 0 saturated carbocycles. The quantitative estimate of drug-likeness (QED) is 0.254. The van der Waals surface area contributed by atoms with Gasteiger partial charge in [0, 0.05) is 15.5 Å². The van der Waals surface area contributed by atoms with Crippen molar-refractivity contribution in [3.05, 3.63) is 57.1 Å². The van der Waals surface area contributed by atoms with Gasteiger partial charge in [0.1, 0.15) is 16.8 Å². The number of halogens is 4. The number of anilines is 1. The predicted molar refractivity (Wildman–Crippen MR) is 141 cm³/mol. The van der Waals surface area contributed by atoms with Crippen molar-refractivity contribution in [3.8, 4) is 17.3 Å². The van der Waals surface area contributed by atoms with E-state index in [0.717, 1.165) is 47.5 Å². The van der Waals surface area contributed by atoms with Gasteiger partial charge in [0.05, 0.1) is 17.0 Å². The van der Waals surface area contributed by atoms with Gasteiger partial charge >= 0.3 is 6.18 Å². The number of benzene rings is 1. The highest BCUT2D eigenvalue weighted by Crippen LogP contribution is 2.44. The summed E-state index contributed by atoms with van der Waals surface area (Å²) in [7, 11) is 0. The lowest BCUT2D eigenvalue weighted by Gasteiger charge is -2.33. The smallest absolute Gasteiger partial charge is 0.316 e. The van der Waals surface area contributed by atoms with E-state index in [0.29, 0.717) is 27.1 Å². The van der Waals surface area contributed by atoms with Gasteiger partial charge < -0.3 is 5.32 Å². The Bertz CT molecular complexity index is 1360. The third kappa shape index (κ3) is 6.46. The molecule has 1 atom stereocenters. The largest absolute Gasteiger partial charge is 0.433 e. The summed E-state index contributed by atoms with van der Waals surface area (Å²) in [5, 5.41) is 13.3. The van der Waals surface area contributed by atoms with Crippen LogP contribution >= 0.6 is 34.7 Å². The van der Waals surface area contributed by atoms with Crippen LogP contribution < -0.4 is 5.32 Å². The summed E-state index contributed by atoms with van der Waals surface area (Å²) in [5.41, 5.74) is 1.04. The van der Waals surface area contributed by atoms with E-state index in [1.165, 1.54) is 11.3 Å². The lowest BCUT2D eigenvalue weighted by molar-refractivity contribution is -0.141. The summed E-state index contributed by atoms with van der Waals surface area (Å²) in [6.45, 7) is 6.61. The normalized spacial score (nSPS) is 15.7. The first-order chi connectivity index (χ1) is 17.3. The molecule has 1 aliphatic carbocycles. The van der Waals surface area contributed by atoms with Crippen molar-refractivity contribution < 1.29 is 18.0 Å². The third-order valence-corrected chi connectivity index (χ3v) is 8.59. The first kappa shape index (κ1) is 27.4. The molecule has 0 unspecified atom stereocenters. The van der Waals surface area contributed by atoms with Crippen molar-refractivity contribution in [1.82, 2.24) is 9.97 Å². The highest BCUT2D eigenvalue weighted by molar-refractivity contribution is 7.99. The molecule has 1 amide bonds. The number of amides is 1. The lowest BCUT2D eigenvalue weighted by atomic mass is 9.72. The SMILES string of the molecule is CC(C)(C)[C@H]1CCc2c(sc(NC(=O)CSc3nc(-c4ccc(Cl)cc4)cc(C(F)(F)F)n3)c2C#N)C1. The summed E-state index contributed by atoms with van der Waals surface area (Å²) in [6.07, 6.45) is -2.06. The number of hydrogen-bond acceptors (Lipinski definition) is 6. The van der Waals surface area contributed by atoms with Crippen molar-refractivity contribution in [1.29, 1.82) is 5.26 Å². The van der Waals surface area contributed by atoms with Crippen LogP contribution in [0.5, 0.6) is 0 Å². The molecule has 37 heavy (non-hydrogen) atoms. The molecule has 0 aliphatic heterocycles. The zero-order valence-corrected chi connectivity index (χ0v) is 22.8. The van der Waals surface area contributed by atoms with Gasteiger partial charge in [-0.3, -0.25) is 4.79 Å². The maximum Gasteiger partial charge on any atom is 0.433 e. The zero-order valence-electron chi connectivity index (χ0n) is 20.4. The molecule has 1 aromatic carbocycles. The summed E-state index contributed by atoms with van der Waals surface area (Å²) in [6, 6.07) is 9.34. The van der Waals surface area contributed by atoms with Gasteiger partial charge in [-0.1, -0.05) is 56.3 Å². The number of nitrogens with one attached hydrogen (secondary N) is 1. The molecule has 5 nitrogen and oxygen atoms in total. The number of hydrogen-bond donors (Lipinski definition) is 1. The van der Waals surface area contributed by atoms with Gasteiger partial charge in [-0.05, 0) is 54.4 Å². The topological polar surface area (TPSA) is 78.7 Å². The standard InChI is InChI=1S/C26H24ClF3N4OS2/c1-25(2,3)15-6-9-17-18(12-31)23(37-20(17)10-15)34-22(35)13-36-24-32-19(11-21(33-24)26(28,29)30)14-4-7-16(27)8-5-14/h4-5,7-8,11,15H,6,9-10,13H2,1-3H3,(H,34,35)/t15-/m0/s1. The highest BCUT2D eigenvalue weighted by Gasteiger charge is 2.34. The maximum atomic E-state index is 13.5. The van der Waals surface area contributed by atoms with E-state index >= 15 is 0 Å². The molecule has 194 valence electrons. The van der Waals surface area contributed by atoms with Crippen LogP contribution in [-0.4, -0.2) is 21.6 Å². The molecule has 2 heterocycles. The Morgan fingerprint density at radius 2 is 1.95 bits per heavy atom. The average Bonchev–Trinajstić information content (AvgIpc) is 3.18. The van der Waals surface area contributed by atoms with E-state index in [1.54, 1.807) is 24.3 Å². The first-order valence-electron chi connectivity index (χ1n) is 11.5. The van der Waals surface area contributed by atoms with Crippen molar-refractivity contribution in [2.75, 3.05) is 11.1 Å². The Balaban J connectivity index is 1.51. The van der Waals surface area contributed by atoms with E-state index in [2.05, 4.69) is 42.1 Å². The molecular weight excluding hydrogens is 541 g/mol. The van der Waals surface area contributed by atoms with Gasteiger partial charge in [0.15, 0.2) is 5.16 Å². The number of carbonyl (C=O) groups excluding carboxylic acids is 1. The zero-order chi connectivity index (χ0) is 27.0. The van der Waals surface area contributed by atoms with Crippen LogP contribution in [0.2, 0.25) is 5.02 Å². The number of aromatic nitrogens is 2. The number of fused-ring (bicyclic) bond motifs is 1. The number of nitrogens with zero attached hydrogens (tertiary/aromatic N) is 3. The van der Waals surface area contributed by atoms with Crippen LogP contribution in [0.4, 0.5) is 18.2 Å². The minimum atomic E-state index is -4.68. The van der Waals surface area contributed by atoms with Crippen LogP contribution in [0.25, 0.3) is 11.3 Å². The summed E-state index contributed by atoms with van der Waals surface area (Å²) in [5.74, 6) is -0.168. The van der Waals surface area contributed by atoms with Gasteiger partial charge in [-0.2, -0.15) is 18.4 Å². The number of nitriles is 1. The fourth-order valence-electron chi connectivity index (χ4n) is 4.23. The molecule has 3 aromatic rings. The Morgan fingerprint density at radius 1 is 1.24 bits per heavy atom. The third-order valence-electron chi connectivity index (χ3n) is 6.32. The van der Waals surface area contributed by atoms with Crippen LogP contribution in [0.3, 0.4) is 0 Å². The lowest BCUT2D eigenvalue weighted by Crippen LogP contribution is -2.26. The molecular formula is C26H24ClF3N4OS2. The monoisotopic (exact) mass is 564 g/mol. The second kappa shape index (κ2) is 10.6. The Kier molecular flexibility index (Phi) is 7.88. The number of rotatable bonds is 5. The molecule has 2 aromatic heterocycles. The Hall–Kier alpha value is -2.61. The summed E-state index contributed by atoms with van der Waals surface area (Å²) >= 11 is 8.10. The number of carbonyl (C=O) groups is 1. The van der Waals surface area contributed by atoms with Crippen LogP contribution in [-0.2, 0) is 23.8 Å². The van der Waals surface area contributed by atoms with Crippen LogP contribution in [0.1, 0.15) is 48.9 Å². The molecule has 1 N–H and O–H groups in total. The molecule has 0 spiro atoms. The molecule has 0 radical (unpaired) electrons. The second-order valence-corrected chi connectivity index (χ2v) is 12.4. The van der Waals surface area contributed by atoms with E-state index in [4.69, 9.17) is 11.6 Å². The van der Waals surface area contributed by atoms with Crippen molar-refractivity contribution in [2.45, 2.75) is 51.4 Å². The first-order valence-corrected chi connectivity index (χ1v) is 13.7. The van der Waals surface area contributed by atoms with Crippen LogP contribution in [0, 0.1) is 22.7 Å². The van der Waals surface area contributed by atoms with Gasteiger partial charge in [0.25, 0.3) is 0 Å². The number of alkyl halides is 3. The molecule has 0 saturated heterocycles.